The molecule has 1 aliphatic rings. The van der Waals surface area contributed by atoms with E-state index >= 15 is 0 Å². The maximum Gasteiger partial charge on any atom is 0.345 e. The first-order valence-corrected chi connectivity index (χ1v) is 4.05. The molecule has 5 heteroatoms. The number of hydrogen-bond acceptors (Lipinski definition) is 4. The summed E-state index contributed by atoms with van der Waals surface area (Å²) in [6.07, 6.45) is -2.20. The van der Waals surface area contributed by atoms with Gasteiger partial charge in [0.1, 0.15) is 0 Å². The van der Waals surface area contributed by atoms with Crippen LogP contribution >= 0.6 is 0 Å². The lowest BCUT2D eigenvalue weighted by molar-refractivity contribution is -0.160. The van der Waals surface area contributed by atoms with Gasteiger partial charge in [0.05, 0.1) is 5.41 Å². The zero-order chi connectivity index (χ0) is 10.2. The highest BCUT2D eigenvalue weighted by Crippen LogP contribution is 2.38. The Morgan fingerprint density at radius 3 is 2.54 bits per heavy atom. The number of carbonyl (C=O) groups excluding carboxylic acids is 1. The number of aliphatic hydroxyl groups is 1. The van der Waals surface area contributed by atoms with Crippen LogP contribution in [-0.4, -0.2) is 34.4 Å². The molecule has 0 bridgehead atoms. The zero-order valence-corrected chi connectivity index (χ0v) is 7.48. The molecular formula is C8H12O5. The standard InChI is InChI=1S/C8H12O5/c1-3-8(2)4(9)7(12)13-5(8)6(10)11/h4-5,9H,3H2,1-2H3,(H,10,11). The van der Waals surface area contributed by atoms with Crippen LogP contribution in [0, 0.1) is 5.41 Å². The van der Waals surface area contributed by atoms with E-state index in [1.807, 2.05) is 0 Å². The van der Waals surface area contributed by atoms with Crippen molar-refractivity contribution in [2.45, 2.75) is 32.5 Å². The van der Waals surface area contributed by atoms with Gasteiger partial charge in [-0.2, -0.15) is 0 Å². The molecule has 1 rings (SSSR count). The molecule has 1 saturated heterocycles. The fourth-order valence-corrected chi connectivity index (χ4v) is 1.44. The van der Waals surface area contributed by atoms with Crippen molar-refractivity contribution >= 4 is 11.9 Å². The molecule has 5 nitrogen and oxygen atoms in total. The smallest absolute Gasteiger partial charge is 0.345 e. The maximum absolute atomic E-state index is 10.9. The summed E-state index contributed by atoms with van der Waals surface area (Å²) in [6, 6.07) is 0. The van der Waals surface area contributed by atoms with Gasteiger partial charge in [0, 0.05) is 0 Å². The van der Waals surface area contributed by atoms with E-state index in [0.717, 1.165) is 0 Å². The molecule has 13 heavy (non-hydrogen) atoms. The second kappa shape index (κ2) is 2.99. The molecule has 0 aromatic carbocycles. The number of aliphatic carboxylic acids is 1. The van der Waals surface area contributed by atoms with Gasteiger partial charge in [0.15, 0.2) is 6.10 Å². The Balaban J connectivity index is 3.00. The second-order valence-electron chi connectivity index (χ2n) is 3.42. The quantitative estimate of drug-likeness (QED) is 0.585. The predicted octanol–water partition coefficient (Wildman–Crippen LogP) is -0.226. The Kier molecular flexibility index (Phi) is 2.30. The largest absolute Gasteiger partial charge is 0.478 e. The van der Waals surface area contributed by atoms with Crippen LogP contribution in [0.4, 0.5) is 0 Å². The van der Waals surface area contributed by atoms with E-state index < -0.39 is 29.6 Å². The zero-order valence-electron chi connectivity index (χ0n) is 7.48. The fourth-order valence-electron chi connectivity index (χ4n) is 1.44. The molecule has 3 unspecified atom stereocenters. The van der Waals surface area contributed by atoms with Gasteiger partial charge in [-0.25, -0.2) is 9.59 Å². The third-order valence-corrected chi connectivity index (χ3v) is 2.67. The van der Waals surface area contributed by atoms with Crippen LogP contribution in [0.3, 0.4) is 0 Å². The summed E-state index contributed by atoms with van der Waals surface area (Å²) >= 11 is 0. The van der Waals surface area contributed by atoms with Crippen molar-refractivity contribution in [1.82, 2.24) is 0 Å². The van der Waals surface area contributed by atoms with E-state index in [-0.39, 0.29) is 0 Å². The van der Waals surface area contributed by atoms with Crippen LogP contribution in [-0.2, 0) is 14.3 Å². The molecule has 0 saturated carbocycles. The summed E-state index contributed by atoms with van der Waals surface area (Å²) in [5.41, 5.74) is -1.01. The van der Waals surface area contributed by atoms with Gasteiger partial charge in [-0.1, -0.05) is 13.8 Å². The monoisotopic (exact) mass is 188 g/mol. The van der Waals surface area contributed by atoms with Crippen molar-refractivity contribution in [3.63, 3.8) is 0 Å². The van der Waals surface area contributed by atoms with E-state index in [4.69, 9.17) is 5.11 Å². The number of carboxylic acid groups (broad SMARTS) is 1. The molecule has 3 atom stereocenters. The SMILES string of the molecule is CCC1(C)C(O)C(=O)OC1C(=O)O. The van der Waals surface area contributed by atoms with E-state index in [1.165, 1.54) is 6.92 Å². The highest BCUT2D eigenvalue weighted by molar-refractivity contribution is 5.86. The Bertz CT molecular complexity index is 249. The van der Waals surface area contributed by atoms with Crippen molar-refractivity contribution < 1.29 is 24.5 Å². The van der Waals surface area contributed by atoms with Gasteiger partial charge >= 0.3 is 11.9 Å². The van der Waals surface area contributed by atoms with E-state index in [9.17, 15) is 14.7 Å². The van der Waals surface area contributed by atoms with Gasteiger partial charge in [0.25, 0.3) is 0 Å². The predicted molar refractivity (Wildman–Crippen MR) is 41.9 cm³/mol. The van der Waals surface area contributed by atoms with Gasteiger partial charge < -0.3 is 14.9 Å². The normalized spacial score (nSPS) is 38.8. The van der Waals surface area contributed by atoms with E-state index in [1.54, 1.807) is 6.92 Å². The lowest BCUT2D eigenvalue weighted by Crippen LogP contribution is -2.41. The number of aliphatic hydroxyl groups excluding tert-OH is 1. The van der Waals surface area contributed by atoms with Crippen molar-refractivity contribution in [1.29, 1.82) is 0 Å². The van der Waals surface area contributed by atoms with Crippen molar-refractivity contribution in [3.8, 4) is 0 Å². The summed E-state index contributed by atoms with van der Waals surface area (Å²) in [6.45, 7) is 3.24. The van der Waals surface area contributed by atoms with Crippen molar-refractivity contribution in [3.05, 3.63) is 0 Å². The number of esters is 1. The van der Waals surface area contributed by atoms with Gasteiger partial charge in [-0.15, -0.1) is 0 Å². The number of carbonyl (C=O) groups is 2. The average Bonchev–Trinajstić information content (AvgIpc) is 2.31. The minimum absolute atomic E-state index is 0.372. The lowest BCUT2D eigenvalue weighted by Gasteiger charge is -2.25. The summed E-state index contributed by atoms with van der Waals surface area (Å²) < 4.78 is 4.55. The molecule has 0 aromatic heterocycles. The number of hydrogen-bond donors (Lipinski definition) is 2. The first-order chi connectivity index (χ1) is 5.93. The summed E-state index contributed by atoms with van der Waals surface area (Å²) in [4.78, 5) is 21.6. The van der Waals surface area contributed by atoms with E-state index in [0.29, 0.717) is 6.42 Å². The number of cyclic esters (lactones) is 1. The molecule has 0 aromatic rings. The molecule has 1 fully saturated rings. The molecule has 0 amide bonds. The molecule has 2 N–H and O–H groups in total. The van der Waals surface area contributed by atoms with Gasteiger partial charge in [-0.3, -0.25) is 0 Å². The number of rotatable bonds is 2. The Morgan fingerprint density at radius 1 is 1.69 bits per heavy atom. The van der Waals surface area contributed by atoms with Crippen LogP contribution in [0.5, 0.6) is 0 Å². The van der Waals surface area contributed by atoms with Crippen molar-refractivity contribution in [2.24, 2.45) is 5.41 Å². The highest BCUT2D eigenvalue weighted by Gasteiger charge is 2.55. The number of ether oxygens (including phenoxy) is 1. The summed E-state index contributed by atoms with van der Waals surface area (Å²) in [5.74, 6) is -2.06. The van der Waals surface area contributed by atoms with Crippen LogP contribution < -0.4 is 0 Å². The van der Waals surface area contributed by atoms with Gasteiger partial charge in [0.2, 0.25) is 6.10 Å². The Labute approximate surface area is 75.3 Å². The van der Waals surface area contributed by atoms with Crippen LogP contribution in [0.1, 0.15) is 20.3 Å². The maximum atomic E-state index is 10.9. The molecule has 1 aliphatic heterocycles. The fraction of sp³-hybridized carbons (Fsp3) is 0.750. The molecule has 0 radical (unpaired) electrons. The Hall–Kier alpha value is -1.10. The Morgan fingerprint density at radius 2 is 2.23 bits per heavy atom. The van der Waals surface area contributed by atoms with Crippen LogP contribution in [0.15, 0.2) is 0 Å². The third kappa shape index (κ3) is 1.29. The third-order valence-electron chi connectivity index (χ3n) is 2.67. The summed E-state index contributed by atoms with van der Waals surface area (Å²) in [5, 5.41) is 18.1. The highest BCUT2D eigenvalue weighted by atomic mass is 16.6. The molecule has 0 spiro atoms. The molecular weight excluding hydrogens is 176 g/mol. The molecule has 0 aliphatic carbocycles. The molecule has 1 heterocycles. The first kappa shape index (κ1) is 9.98. The molecule has 74 valence electrons. The van der Waals surface area contributed by atoms with Crippen molar-refractivity contribution in [2.75, 3.05) is 0 Å². The van der Waals surface area contributed by atoms with E-state index in [2.05, 4.69) is 4.74 Å². The van der Waals surface area contributed by atoms with Gasteiger partial charge in [-0.05, 0) is 6.42 Å². The first-order valence-electron chi connectivity index (χ1n) is 4.05. The minimum Gasteiger partial charge on any atom is -0.478 e. The lowest BCUT2D eigenvalue weighted by atomic mass is 9.78. The van der Waals surface area contributed by atoms with Crippen LogP contribution in [0.2, 0.25) is 0 Å². The summed E-state index contributed by atoms with van der Waals surface area (Å²) in [7, 11) is 0. The average molecular weight is 188 g/mol. The topological polar surface area (TPSA) is 83.8 Å². The van der Waals surface area contributed by atoms with Crippen LogP contribution in [0.25, 0.3) is 0 Å². The minimum atomic E-state index is -1.33. The number of carboxylic acids is 1. The second-order valence-corrected chi connectivity index (χ2v) is 3.42.